The van der Waals surface area contributed by atoms with Crippen molar-refractivity contribution in [3.05, 3.63) is 42.2 Å². The summed E-state index contributed by atoms with van der Waals surface area (Å²) >= 11 is 0. The average molecular weight is 204 g/mol. The van der Waals surface area contributed by atoms with E-state index in [1.807, 2.05) is 6.20 Å². The number of aromatic nitrogens is 3. The summed E-state index contributed by atoms with van der Waals surface area (Å²) < 4.78 is 2.23. The highest BCUT2D eigenvalue weighted by Crippen LogP contribution is 2.01. The molecule has 0 radical (unpaired) electrons. The SMILES string of the molecule is CCn1cccc1CNCc1ncc[nH]1. The highest BCUT2D eigenvalue weighted by molar-refractivity contribution is 5.06. The van der Waals surface area contributed by atoms with Crippen molar-refractivity contribution in [2.75, 3.05) is 0 Å². The molecule has 80 valence electrons. The molecule has 15 heavy (non-hydrogen) atoms. The molecule has 0 fully saturated rings. The van der Waals surface area contributed by atoms with Gasteiger partial charge in [0.15, 0.2) is 0 Å². The lowest BCUT2D eigenvalue weighted by Crippen LogP contribution is -2.16. The van der Waals surface area contributed by atoms with Crippen LogP contribution < -0.4 is 5.32 Å². The van der Waals surface area contributed by atoms with Gasteiger partial charge in [-0.1, -0.05) is 0 Å². The predicted octanol–water partition coefficient (Wildman–Crippen LogP) is 1.52. The van der Waals surface area contributed by atoms with Gasteiger partial charge in [0, 0.05) is 37.4 Å². The van der Waals surface area contributed by atoms with E-state index in [1.54, 1.807) is 6.20 Å². The Hall–Kier alpha value is -1.55. The molecule has 0 aliphatic carbocycles. The first kappa shape index (κ1) is 9.98. The maximum Gasteiger partial charge on any atom is 0.120 e. The monoisotopic (exact) mass is 204 g/mol. The number of aryl methyl sites for hydroxylation is 1. The summed E-state index contributed by atoms with van der Waals surface area (Å²) in [6.07, 6.45) is 5.71. The highest BCUT2D eigenvalue weighted by Gasteiger charge is 1.99. The third kappa shape index (κ3) is 2.47. The normalized spacial score (nSPS) is 10.7. The van der Waals surface area contributed by atoms with Crippen LogP contribution in [0.1, 0.15) is 18.4 Å². The second-order valence-electron chi connectivity index (χ2n) is 3.42. The fraction of sp³-hybridized carbons (Fsp3) is 0.364. The highest BCUT2D eigenvalue weighted by atomic mass is 15.0. The third-order valence-corrected chi connectivity index (χ3v) is 2.42. The van der Waals surface area contributed by atoms with Crippen molar-refractivity contribution in [2.45, 2.75) is 26.6 Å². The summed E-state index contributed by atoms with van der Waals surface area (Å²) in [5, 5.41) is 3.35. The molecule has 0 aliphatic rings. The molecular weight excluding hydrogens is 188 g/mol. The minimum atomic E-state index is 0.780. The second kappa shape index (κ2) is 4.79. The van der Waals surface area contributed by atoms with Gasteiger partial charge in [-0.2, -0.15) is 0 Å². The molecule has 0 aromatic carbocycles. The Kier molecular flexibility index (Phi) is 3.19. The van der Waals surface area contributed by atoms with Crippen LogP contribution in [0, 0.1) is 0 Å². The van der Waals surface area contributed by atoms with E-state index >= 15 is 0 Å². The Bertz CT molecular complexity index is 388. The molecule has 0 atom stereocenters. The van der Waals surface area contributed by atoms with Crippen LogP contribution >= 0.6 is 0 Å². The largest absolute Gasteiger partial charge is 0.351 e. The van der Waals surface area contributed by atoms with E-state index in [2.05, 4.69) is 45.1 Å². The van der Waals surface area contributed by atoms with Crippen molar-refractivity contribution in [1.82, 2.24) is 19.9 Å². The molecule has 2 rings (SSSR count). The molecule has 0 bridgehead atoms. The lowest BCUT2D eigenvalue weighted by molar-refractivity contribution is 0.617. The number of nitrogens with one attached hydrogen (secondary N) is 2. The summed E-state index contributed by atoms with van der Waals surface area (Å²) in [4.78, 5) is 7.22. The minimum absolute atomic E-state index is 0.780. The van der Waals surface area contributed by atoms with E-state index in [9.17, 15) is 0 Å². The number of imidazole rings is 1. The predicted molar refractivity (Wildman–Crippen MR) is 59.2 cm³/mol. The Labute approximate surface area is 89.3 Å². The standard InChI is InChI=1S/C11H16N4/c1-2-15-7-3-4-10(15)8-12-9-11-13-5-6-14-11/h3-7,12H,2,8-9H2,1H3,(H,13,14). The van der Waals surface area contributed by atoms with E-state index < -0.39 is 0 Å². The molecule has 0 amide bonds. The van der Waals surface area contributed by atoms with Crippen molar-refractivity contribution >= 4 is 0 Å². The van der Waals surface area contributed by atoms with Gasteiger partial charge in [0.25, 0.3) is 0 Å². The molecule has 2 aromatic rings. The zero-order valence-corrected chi connectivity index (χ0v) is 8.90. The number of aromatic amines is 1. The third-order valence-electron chi connectivity index (χ3n) is 2.42. The minimum Gasteiger partial charge on any atom is -0.351 e. The van der Waals surface area contributed by atoms with Gasteiger partial charge in [-0.3, -0.25) is 0 Å². The van der Waals surface area contributed by atoms with Gasteiger partial charge in [0.1, 0.15) is 5.82 Å². The van der Waals surface area contributed by atoms with Crippen molar-refractivity contribution in [2.24, 2.45) is 0 Å². The van der Waals surface area contributed by atoms with E-state index in [0.717, 1.165) is 25.5 Å². The smallest absolute Gasteiger partial charge is 0.120 e. The maximum absolute atomic E-state index is 4.15. The van der Waals surface area contributed by atoms with Crippen molar-refractivity contribution in [3.63, 3.8) is 0 Å². The van der Waals surface area contributed by atoms with Gasteiger partial charge in [-0.25, -0.2) is 4.98 Å². The van der Waals surface area contributed by atoms with Gasteiger partial charge in [0.2, 0.25) is 0 Å². The Morgan fingerprint density at radius 2 is 2.40 bits per heavy atom. The summed E-state index contributed by atoms with van der Waals surface area (Å²) in [5.41, 5.74) is 1.31. The molecule has 4 nitrogen and oxygen atoms in total. The summed E-state index contributed by atoms with van der Waals surface area (Å²) in [5.74, 6) is 0.976. The van der Waals surface area contributed by atoms with Gasteiger partial charge in [-0.15, -0.1) is 0 Å². The van der Waals surface area contributed by atoms with E-state index in [-0.39, 0.29) is 0 Å². The van der Waals surface area contributed by atoms with Gasteiger partial charge < -0.3 is 14.9 Å². The van der Waals surface area contributed by atoms with Crippen LogP contribution in [-0.4, -0.2) is 14.5 Å². The first-order valence-corrected chi connectivity index (χ1v) is 5.23. The first-order valence-electron chi connectivity index (χ1n) is 5.23. The molecular formula is C11H16N4. The van der Waals surface area contributed by atoms with Crippen molar-refractivity contribution < 1.29 is 0 Å². The molecule has 0 unspecified atom stereocenters. The average Bonchev–Trinajstić information content (AvgIpc) is 2.88. The topological polar surface area (TPSA) is 45.6 Å². The van der Waals surface area contributed by atoms with Crippen LogP contribution in [0.3, 0.4) is 0 Å². The molecule has 0 saturated carbocycles. The van der Waals surface area contributed by atoms with Crippen molar-refractivity contribution in [3.8, 4) is 0 Å². The molecule has 2 N–H and O–H groups in total. The number of rotatable bonds is 5. The lowest BCUT2D eigenvalue weighted by Gasteiger charge is -2.06. The number of H-pyrrole nitrogens is 1. The number of hydrogen-bond acceptors (Lipinski definition) is 2. The quantitative estimate of drug-likeness (QED) is 0.775. The van der Waals surface area contributed by atoms with Gasteiger partial charge >= 0.3 is 0 Å². The maximum atomic E-state index is 4.15. The molecule has 4 heteroatoms. The molecule has 2 heterocycles. The second-order valence-corrected chi connectivity index (χ2v) is 3.42. The Morgan fingerprint density at radius 1 is 1.47 bits per heavy atom. The first-order chi connectivity index (χ1) is 7.40. The van der Waals surface area contributed by atoms with E-state index in [0.29, 0.717) is 0 Å². The van der Waals surface area contributed by atoms with Crippen LogP contribution in [0.5, 0.6) is 0 Å². The number of hydrogen-bond donors (Lipinski definition) is 2. The zero-order valence-electron chi connectivity index (χ0n) is 8.90. The summed E-state index contributed by atoms with van der Waals surface area (Å²) in [7, 11) is 0. The van der Waals surface area contributed by atoms with Crippen LogP contribution in [-0.2, 0) is 19.6 Å². The van der Waals surface area contributed by atoms with E-state index in [1.165, 1.54) is 5.69 Å². The molecule has 0 spiro atoms. The van der Waals surface area contributed by atoms with Crippen molar-refractivity contribution in [1.29, 1.82) is 0 Å². The van der Waals surface area contributed by atoms with E-state index in [4.69, 9.17) is 0 Å². The van der Waals surface area contributed by atoms with Crippen LogP contribution in [0.25, 0.3) is 0 Å². The Morgan fingerprint density at radius 3 is 3.13 bits per heavy atom. The van der Waals surface area contributed by atoms with Crippen LogP contribution in [0.2, 0.25) is 0 Å². The van der Waals surface area contributed by atoms with Gasteiger partial charge in [0.05, 0.1) is 6.54 Å². The fourth-order valence-electron chi connectivity index (χ4n) is 1.62. The zero-order chi connectivity index (χ0) is 10.5. The summed E-state index contributed by atoms with van der Waals surface area (Å²) in [6, 6.07) is 4.21. The Balaban J connectivity index is 1.83. The molecule has 0 saturated heterocycles. The fourth-order valence-corrected chi connectivity index (χ4v) is 1.62. The lowest BCUT2D eigenvalue weighted by atomic mass is 10.4. The van der Waals surface area contributed by atoms with Gasteiger partial charge in [-0.05, 0) is 19.1 Å². The van der Waals surface area contributed by atoms with Crippen LogP contribution in [0.15, 0.2) is 30.7 Å². The van der Waals surface area contributed by atoms with Crippen LogP contribution in [0.4, 0.5) is 0 Å². The molecule has 2 aromatic heterocycles. The molecule has 0 aliphatic heterocycles. The number of nitrogens with zero attached hydrogens (tertiary/aromatic N) is 2. The summed E-state index contributed by atoms with van der Waals surface area (Å²) in [6.45, 7) is 4.82.